The summed E-state index contributed by atoms with van der Waals surface area (Å²) in [6.45, 7) is 0. The van der Waals surface area contributed by atoms with E-state index in [9.17, 15) is 15.2 Å². The van der Waals surface area contributed by atoms with Gasteiger partial charge in [-0.3, -0.25) is 0 Å². The number of aromatic hydroxyl groups is 1. The molecule has 0 aliphatic rings. The summed E-state index contributed by atoms with van der Waals surface area (Å²) in [5, 5.41) is 29.4. The molecular weight excluding hydrogens is 284 g/mol. The molecule has 0 unspecified atom stereocenters. The van der Waals surface area contributed by atoms with E-state index in [1.165, 1.54) is 0 Å². The van der Waals surface area contributed by atoms with Crippen LogP contribution in [-0.2, 0) is 0 Å². The van der Waals surface area contributed by atoms with Crippen LogP contribution >= 0.6 is 0 Å². The van der Waals surface area contributed by atoms with Crippen LogP contribution in [-0.4, -0.2) is 69.4 Å². The second kappa shape index (κ2) is 5.21. The summed E-state index contributed by atoms with van der Waals surface area (Å²) in [6, 6.07) is 0. The Balaban J connectivity index is 2.67. The molecule has 0 spiro atoms. The lowest BCUT2D eigenvalue weighted by Crippen LogP contribution is -2.51. The monoisotopic (exact) mass is 288 g/mol. The van der Waals surface area contributed by atoms with Crippen molar-refractivity contribution in [3.05, 3.63) is 0 Å². The van der Waals surface area contributed by atoms with Crippen molar-refractivity contribution in [1.82, 2.24) is 0 Å². The van der Waals surface area contributed by atoms with Crippen molar-refractivity contribution in [3.8, 4) is 5.75 Å². The van der Waals surface area contributed by atoms with E-state index in [0.29, 0.717) is 0 Å². The highest BCUT2D eigenvalue weighted by molar-refractivity contribution is 6.73. The van der Waals surface area contributed by atoms with Gasteiger partial charge in [0.1, 0.15) is 64.0 Å². The van der Waals surface area contributed by atoms with Crippen molar-refractivity contribution >= 4 is 114 Å². The fraction of sp³-hybridized carbons (Fsp3) is 0. The number of benzene rings is 2. The van der Waals surface area contributed by atoms with Gasteiger partial charge in [-0.05, 0) is 5.46 Å². The molecule has 23 heavy (non-hydrogen) atoms. The quantitative estimate of drug-likeness (QED) is 0.389. The zero-order valence-electron chi connectivity index (χ0n) is 11.8. The van der Waals surface area contributed by atoms with Crippen LogP contribution in [0.25, 0.3) is 21.9 Å². The molecule has 2 aromatic carbocycles. The minimum Gasteiger partial charge on any atom is -0.508 e. The molecule has 0 fully saturated rings. The standard InChI is InChI=1S/C12H3B7O4/c13-3-1-2-10(20)7(17)9(19(21)22)8(18)12(2)23-11(1)6(16)5(15)4(3)14/h20-22H. The van der Waals surface area contributed by atoms with E-state index < -0.39 is 12.9 Å². The van der Waals surface area contributed by atoms with Gasteiger partial charge < -0.3 is 19.6 Å². The fourth-order valence-corrected chi connectivity index (χ4v) is 2.65. The number of rotatable bonds is 1. The van der Waals surface area contributed by atoms with Crippen molar-refractivity contribution in [2.75, 3.05) is 0 Å². The molecule has 3 N–H and O–H groups in total. The third-order valence-corrected chi connectivity index (χ3v) is 3.87. The summed E-state index contributed by atoms with van der Waals surface area (Å²) in [6.07, 6.45) is 0. The summed E-state index contributed by atoms with van der Waals surface area (Å²) in [4.78, 5) is 0. The van der Waals surface area contributed by atoms with Gasteiger partial charge in [0.25, 0.3) is 0 Å². The zero-order chi connectivity index (χ0) is 17.2. The molecule has 0 amide bonds. The maximum atomic E-state index is 10.3. The minimum absolute atomic E-state index is 0.0198. The second-order valence-electron chi connectivity index (χ2n) is 5.13. The Morgan fingerprint density at radius 1 is 0.652 bits per heavy atom. The van der Waals surface area contributed by atoms with Crippen molar-refractivity contribution in [1.29, 1.82) is 0 Å². The number of hydrogen-bond acceptors (Lipinski definition) is 4. The van der Waals surface area contributed by atoms with Crippen LogP contribution in [0.1, 0.15) is 0 Å². The number of fused-ring (bicyclic) bond motifs is 3. The molecule has 96 valence electrons. The first-order chi connectivity index (χ1) is 10.7. The molecule has 0 bridgehead atoms. The fourth-order valence-electron chi connectivity index (χ4n) is 2.65. The zero-order valence-corrected chi connectivity index (χ0v) is 11.8. The smallest absolute Gasteiger partial charge is 0.487 e. The summed E-state index contributed by atoms with van der Waals surface area (Å²) >= 11 is 0. The lowest BCUT2D eigenvalue weighted by atomic mass is 9.63. The third-order valence-electron chi connectivity index (χ3n) is 3.87. The predicted molar refractivity (Wildman–Crippen MR) is 97.5 cm³/mol. The number of phenols is 1. The summed E-state index contributed by atoms with van der Waals surface area (Å²) in [5.74, 6) is -0.480. The van der Waals surface area contributed by atoms with Gasteiger partial charge in [-0.25, -0.2) is 0 Å². The van der Waals surface area contributed by atoms with Crippen molar-refractivity contribution in [2.45, 2.75) is 0 Å². The van der Waals surface area contributed by atoms with Crippen LogP contribution in [0.4, 0.5) is 0 Å². The van der Waals surface area contributed by atoms with Gasteiger partial charge in [-0.2, -0.15) is 0 Å². The molecule has 3 aromatic rings. The minimum atomic E-state index is -2.01. The molecule has 1 aromatic heterocycles. The van der Waals surface area contributed by atoms with E-state index in [1.54, 1.807) is 0 Å². The Bertz CT molecular complexity index is 980. The van der Waals surface area contributed by atoms with Crippen LogP contribution in [0, 0.1) is 0 Å². The molecule has 12 radical (unpaired) electrons. The molecule has 0 aliphatic carbocycles. The maximum absolute atomic E-state index is 10.3. The van der Waals surface area contributed by atoms with E-state index in [-0.39, 0.29) is 60.2 Å². The Morgan fingerprint density at radius 3 is 1.74 bits per heavy atom. The van der Waals surface area contributed by atoms with Crippen LogP contribution in [0.5, 0.6) is 5.75 Å². The van der Waals surface area contributed by atoms with Crippen LogP contribution in [0.15, 0.2) is 4.42 Å². The van der Waals surface area contributed by atoms with Crippen LogP contribution < -0.4 is 38.2 Å². The molecule has 1 heterocycles. The highest BCUT2D eigenvalue weighted by atomic mass is 16.4. The van der Waals surface area contributed by atoms with Crippen molar-refractivity contribution in [3.63, 3.8) is 0 Å². The van der Waals surface area contributed by atoms with E-state index >= 15 is 0 Å². The molecule has 0 aliphatic heterocycles. The first-order valence-electron chi connectivity index (χ1n) is 6.42. The molecule has 0 saturated heterocycles. The van der Waals surface area contributed by atoms with Gasteiger partial charge in [0, 0.05) is 5.39 Å². The van der Waals surface area contributed by atoms with Crippen molar-refractivity contribution < 1.29 is 19.6 Å². The normalized spacial score (nSPS) is 11.4. The number of phenolic OH excluding ortho intramolecular Hbond substituents is 1. The molecule has 0 saturated carbocycles. The van der Waals surface area contributed by atoms with E-state index in [4.69, 9.17) is 51.5 Å². The lowest BCUT2D eigenvalue weighted by molar-refractivity contribution is 0.425. The van der Waals surface area contributed by atoms with E-state index in [1.807, 2.05) is 0 Å². The molecular formula is C12H3B7O4. The van der Waals surface area contributed by atoms with Crippen molar-refractivity contribution in [2.24, 2.45) is 0 Å². The van der Waals surface area contributed by atoms with Gasteiger partial charge in [-0.15, -0.1) is 10.9 Å². The highest BCUT2D eigenvalue weighted by Crippen LogP contribution is 2.29. The Hall–Kier alpha value is -1.59. The first-order valence-corrected chi connectivity index (χ1v) is 6.42. The maximum Gasteiger partial charge on any atom is 0.487 e. The average molecular weight is 287 g/mol. The van der Waals surface area contributed by atoms with Crippen LogP contribution in [0.2, 0.25) is 0 Å². The second-order valence-corrected chi connectivity index (χ2v) is 5.13. The molecule has 3 rings (SSSR count). The van der Waals surface area contributed by atoms with E-state index in [2.05, 4.69) is 0 Å². The molecule has 4 nitrogen and oxygen atoms in total. The van der Waals surface area contributed by atoms with Gasteiger partial charge in [-0.1, -0.05) is 21.9 Å². The first kappa shape index (κ1) is 16.3. The average Bonchev–Trinajstić information content (AvgIpc) is 2.89. The number of hydrogen-bond donors (Lipinski definition) is 3. The Kier molecular flexibility index (Phi) is 3.69. The summed E-state index contributed by atoms with van der Waals surface area (Å²) < 4.78 is 5.55. The van der Waals surface area contributed by atoms with Gasteiger partial charge in [0.15, 0.2) is 0 Å². The largest absolute Gasteiger partial charge is 0.508 e. The Morgan fingerprint density at radius 2 is 1.17 bits per heavy atom. The van der Waals surface area contributed by atoms with Gasteiger partial charge in [0.2, 0.25) is 0 Å². The lowest BCUT2D eigenvalue weighted by Gasteiger charge is -2.14. The van der Waals surface area contributed by atoms with Gasteiger partial charge >= 0.3 is 7.12 Å². The number of furan rings is 1. The van der Waals surface area contributed by atoms with Crippen LogP contribution in [0.3, 0.4) is 0 Å². The van der Waals surface area contributed by atoms with E-state index in [0.717, 1.165) is 0 Å². The Labute approximate surface area is 140 Å². The molecule has 11 heteroatoms. The summed E-state index contributed by atoms with van der Waals surface area (Å²) in [7, 11) is 33.0. The molecule has 0 atom stereocenters. The van der Waals surface area contributed by atoms with Gasteiger partial charge in [0.05, 0.1) is 5.39 Å². The topological polar surface area (TPSA) is 73.8 Å². The highest BCUT2D eigenvalue weighted by Gasteiger charge is 2.26. The predicted octanol–water partition coefficient (Wildman–Crippen LogP) is -6.27. The SMILES string of the molecule is [B]c1c([B])c([B])c2c(oc3c([B])c(B(O)O)c([B])c(O)c32)c1[B]. The summed E-state index contributed by atoms with van der Waals surface area (Å²) in [5.41, 5.74) is -0.648. The third kappa shape index (κ3) is 2.03.